The van der Waals surface area contributed by atoms with E-state index in [1.807, 2.05) is 49.9 Å². The maximum Gasteiger partial charge on any atom is 0.253 e. The number of rotatable bonds is 10. The van der Waals surface area contributed by atoms with Crippen LogP contribution < -0.4 is 19.5 Å². The molecule has 2 aromatic carbocycles. The van der Waals surface area contributed by atoms with Crippen LogP contribution in [0, 0.1) is 0 Å². The number of amides is 2. The molecule has 2 amide bonds. The third-order valence-corrected chi connectivity index (χ3v) is 5.47. The number of hydrogen-bond donors (Lipinski definition) is 1. The zero-order valence-electron chi connectivity index (χ0n) is 19.8. The highest BCUT2D eigenvalue weighted by Crippen LogP contribution is 2.39. The molecule has 1 N–H and O–H groups in total. The number of nitrogens with zero attached hydrogens (tertiary/aromatic N) is 1. The second kappa shape index (κ2) is 12.1. The lowest BCUT2D eigenvalue weighted by Gasteiger charge is -2.26. The van der Waals surface area contributed by atoms with E-state index < -0.39 is 0 Å². The van der Waals surface area contributed by atoms with Crippen molar-refractivity contribution in [3.63, 3.8) is 0 Å². The number of piperidine rings is 1. The molecule has 2 aromatic rings. The van der Waals surface area contributed by atoms with Crippen molar-refractivity contribution in [1.82, 2.24) is 10.2 Å². The summed E-state index contributed by atoms with van der Waals surface area (Å²) in [6.45, 7) is 8.99. The molecule has 1 aliphatic rings. The molecule has 0 unspecified atom stereocenters. The van der Waals surface area contributed by atoms with E-state index in [1.165, 1.54) is 6.42 Å². The predicted octanol–water partition coefficient (Wildman–Crippen LogP) is 4.44. The summed E-state index contributed by atoms with van der Waals surface area (Å²) in [4.78, 5) is 27.4. The van der Waals surface area contributed by atoms with Gasteiger partial charge in [-0.15, -0.1) is 0 Å². The molecule has 0 spiro atoms. The minimum Gasteiger partial charge on any atom is -0.490 e. The van der Waals surface area contributed by atoms with Crippen LogP contribution in [0.1, 0.15) is 66.3 Å². The SMILES string of the molecule is CCOc1cc(C(=O)NCc2ccc(C(=O)N3CCCCC3)cc2)cc(OCC)c1OCC. The van der Waals surface area contributed by atoms with Crippen molar-refractivity contribution in [1.29, 1.82) is 0 Å². The van der Waals surface area contributed by atoms with Crippen LogP contribution in [0.25, 0.3) is 0 Å². The molecule has 1 fully saturated rings. The van der Waals surface area contributed by atoms with Gasteiger partial charge in [0.25, 0.3) is 11.8 Å². The quantitative estimate of drug-likeness (QED) is 0.574. The Hall–Kier alpha value is -3.22. The van der Waals surface area contributed by atoms with Gasteiger partial charge < -0.3 is 24.4 Å². The van der Waals surface area contributed by atoms with Gasteiger partial charge in [0.15, 0.2) is 11.5 Å². The highest BCUT2D eigenvalue weighted by Gasteiger charge is 2.19. The van der Waals surface area contributed by atoms with Crippen LogP contribution in [0.15, 0.2) is 36.4 Å². The molecular weight excluding hydrogens is 420 g/mol. The molecule has 0 aliphatic carbocycles. The Kier molecular flexibility index (Phi) is 8.98. The van der Waals surface area contributed by atoms with Crippen LogP contribution in [0.3, 0.4) is 0 Å². The van der Waals surface area contributed by atoms with Crippen molar-refractivity contribution < 1.29 is 23.8 Å². The lowest BCUT2D eigenvalue weighted by atomic mass is 10.1. The highest BCUT2D eigenvalue weighted by molar-refractivity contribution is 5.96. The molecule has 1 aliphatic heterocycles. The highest BCUT2D eigenvalue weighted by atomic mass is 16.5. The average molecular weight is 455 g/mol. The lowest BCUT2D eigenvalue weighted by molar-refractivity contribution is 0.0724. The van der Waals surface area contributed by atoms with Crippen LogP contribution in [0.5, 0.6) is 17.2 Å². The summed E-state index contributed by atoms with van der Waals surface area (Å²) in [5.74, 6) is 1.30. The van der Waals surface area contributed by atoms with E-state index in [9.17, 15) is 9.59 Å². The van der Waals surface area contributed by atoms with Crippen molar-refractivity contribution in [2.45, 2.75) is 46.6 Å². The number of ether oxygens (including phenoxy) is 3. The Morgan fingerprint density at radius 3 is 1.94 bits per heavy atom. The fraction of sp³-hybridized carbons (Fsp3) is 0.462. The van der Waals surface area contributed by atoms with E-state index in [4.69, 9.17) is 14.2 Å². The van der Waals surface area contributed by atoms with Crippen molar-refractivity contribution in [3.05, 3.63) is 53.1 Å². The summed E-state index contributed by atoms with van der Waals surface area (Å²) in [5, 5.41) is 2.93. The average Bonchev–Trinajstić information content (AvgIpc) is 2.85. The van der Waals surface area contributed by atoms with Gasteiger partial charge in [0, 0.05) is 30.8 Å². The summed E-state index contributed by atoms with van der Waals surface area (Å²) in [6.07, 6.45) is 3.32. The number of carbonyl (C=O) groups is 2. The van der Waals surface area contributed by atoms with Crippen LogP contribution in [0.2, 0.25) is 0 Å². The summed E-state index contributed by atoms with van der Waals surface area (Å²) in [5.41, 5.74) is 2.03. The molecule has 1 saturated heterocycles. The lowest BCUT2D eigenvalue weighted by Crippen LogP contribution is -2.35. The first-order valence-corrected chi connectivity index (χ1v) is 11.8. The van der Waals surface area contributed by atoms with E-state index in [1.54, 1.807) is 12.1 Å². The summed E-state index contributed by atoms with van der Waals surface area (Å²) in [6, 6.07) is 10.8. The normalized spacial score (nSPS) is 13.4. The molecule has 7 nitrogen and oxygen atoms in total. The number of carbonyl (C=O) groups excluding carboxylic acids is 2. The molecule has 3 rings (SSSR count). The number of nitrogens with one attached hydrogen (secondary N) is 1. The first-order chi connectivity index (χ1) is 16.1. The molecule has 0 radical (unpaired) electrons. The van der Waals surface area contributed by atoms with Gasteiger partial charge in [0.1, 0.15) is 0 Å². The maximum atomic E-state index is 12.9. The summed E-state index contributed by atoms with van der Waals surface area (Å²) < 4.78 is 17.1. The zero-order chi connectivity index (χ0) is 23.6. The van der Waals surface area contributed by atoms with Crippen molar-refractivity contribution >= 4 is 11.8 Å². The largest absolute Gasteiger partial charge is 0.490 e. The van der Waals surface area contributed by atoms with E-state index in [2.05, 4.69) is 5.32 Å². The zero-order valence-corrected chi connectivity index (χ0v) is 19.8. The molecule has 0 aromatic heterocycles. The Labute approximate surface area is 196 Å². The van der Waals surface area contributed by atoms with Gasteiger partial charge in [-0.25, -0.2) is 0 Å². The summed E-state index contributed by atoms with van der Waals surface area (Å²) in [7, 11) is 0. The smallest absolute Gasteiger partial charge is 0.253 e. The van der Waals surface area contributed by atoms with E-state index in [-0.39, 0.29) is 11.8 Å². The fourth-order valence-corrected chi connectivity index (χ4v) is 3.85. The van der Waals surface area contributed by atoms with E-state index >= 15 is 0 Å². The minimum absolute atomic E-state index is 0.0755. The molecule has 1 heterocycles. The van der Waals surface area contributed by atoms with Gasteiger partial charge in [-0.05, 0) is 69.9 Å². The summed E-state index contributed by atoms with van der Waals surface area (Å²) >= 11 is 0. The predicted molar refractivity (Wildman–Crippen MR) is 127 cm³/mol. The third-order valence-electron chi connectivity index (χ3n) is 5.47. The third kappa shape index (κ3) is 6.40. The molecule has 7 heteroatoms. The monoisotopic (exact) mass is 454 g/mol. The number of hydrogen-bond acceptors (Lipinski definition) is 5. The van der Waals surface area contributed by atoms with Crippen molar-refractivity contribution in [2.24, 2.45) is 0 Å². The topological polar surface area (TPSA) is 77.1 Å². The van der Waals surface area contributed by atoms with Crippen LogP contribution >= 0.6 is 0 Å². The van der Waals surface area contributed by atoms with Crippen LogP contribution in [0.4, 0.5) is 0 Å². The van der Waals surface area contributed by atoms with Crippen LogP contribution in [-0.4, -0.2) is 49.6 Å². The Bertz CT molecular complexity index is 909. The van der Waals surface area contributed by atoms with Gasteiger partial charge >= 0.3 is 0 Å². The number of benzene rings is 2. The second-order valence-electron chi connectivity index (χ2n) is 7.83. The second-order valence-corrected chi connectivity index (χ2v) is 7.83. The Morgan fingerprint density at radius 2 is 1.39 bits per heavy atom. The number of likely N-dealkylation sites (tertiary alicyclic amines) is 1. The van der Waals surface area contributed by atoms with Crippen molar-refractivity contribution in [3.8, 4) is 17.2 Å². The Morgan fingerprint density at radius 1 is 0.818 bits per heavy atom. The maximum absolute atomic E-state index is 12.9. The molecular formula is C26H34N2O5. The molecule has 0 bridgehead atoms. The van der Waals surface area contributed by atoms with Gasteiger partial charge in [-0.1, -0.05) is 12.1 Å². The van der Waals surface area contributed by atoms with Crippen LogP contribution in [-0.2, 0) is 6.54 Å². The first kappa shape index (κ1) is 24.4. The van der Waals surface area contributed by atoms with E-state index in [0.717, 1.165) is 31.5 Å². The molecule has 33 heavy (non-hydrogen) atoms. The van der Waals surface area contributed by atoms with Gasteiger partial charge in [-0.2, -0.15) is 0 Å². The standard InChI is InChI=1S/C26H34N2O5/c1-4-31-22-16-21(17-23(32-5-2)24(22)33-6-3)25(29)27-18-19-10-12-20(13-11-19)26(30)28-14-8-7-9-15-28/h10-13,16-17H,4-9,14-15,18H2,1-3H3,(H,27,29). The van der Waals surface area contributed by atoms with Gasteiger partial charge in [0.05, 0.1) is 19.8 Å². The van der Waals surface area contributed by atoms with Gasteiger partial charge in [-0.3, -0.25) is 9.59 Å². The Balaban J connectivity index is 1.67. The molecule has 0 saturated carbocycles. The minimum atomic E-state index is -0.242. The first-order valence-electron chi connectivity index (χ1n) is 11.8. The molecule has 178 valence electrons. The fourth-order valence-electron chi connectivity index (χ4n) is 3.85. The van der Waals surface area contributed by atoms with Gasteiger partial charge in [0.2, 0.25) is 5.75 Å². The molecule has 0 atom stereocenters. The van der Waals surface area contributed by atoms with Crippen molar-refractivity contribution in [2.75, 3.05) is 32.9 Å². The van der Waals surface area contributed by atoms with E-state index in [0.29, 0.717) is 54.7 Å².